The predicted molar refractivity (Wildman–Crippen MR) is 50.4 cm³/mol. The first-order valence-electron chi connectivity index (χ1n) is 4.24. The zero-order chi connectivity index (χ0) is 9.42. The second-order valence-electron chi connectivity index (χ2n) is 3.45. The van der Waals surface area contributed by atoms with Gasteiger partial charge in [-0.2, -0.15) is 0 Å². The van der Waals surface area contributed by atoms with E-state index in [4.69, 9.17) is 11.6 Å². The van der Waals surface area contributed by atoms with Gasteiger partial charge in [0.1, 0.15) is 0 Å². The Morgan fingerprint density at radius 2 is 2.38 bits per heavy atom. The molecule has 1 aliphatic carbocycles. The molecule has 0 amide bonds. The maximum Gasteiger partial charge on any atom is 0.166 e. The molecule has 0 radical (unpaired) electrons. The van der Waals surface area contributed by atoms with E-state index in [1.807, 2.05) is 0 Å². The maximum atomic E-state index is 13.2. The molecule has 2 atom stereocenters. The lowest BCUT2D eigenvalue weighted by Gasteiger charge is -2.04. The van der Waals surface area contributed by atoms with Crippen LogP contribution < -0.4 is 5.32 Å². The standard InChI is InChI=1S/C9H10ClFN2/c1-5-2-8(5)13-9-7(11)3-6(10)4-12-9/h3-5,8H,2H2,1H3,(H,12,13)/t5-,8-/m1/s1. The van der Waals surface area contributed by atoms with Crippen molar-refractivity contribution in [1.29, 1.82) is 0 Å². The van der Waals surface area contributed by atoms with Gasteiger partial charge in [0, 0.05) is 12.2 Å². The lowest BCUT2D eigenvalue weighted by Crippen LogP contribution is -2.06. The molecular weight excluding hydrogens is 191 g/mol. The van der Waals surface area contributed by atoms with Crippen molar-refractivity contribution in [3.63, 3.8) is 0 Å². The second kappa shape index (κ2) is 3.14. The zero-order valence-corrected chi connectivity index (χ0v) is 7.98. The smallest absolute Gasteiger partial charge is 0.166 e. The van der Waals surface area contributed by atoms with Crippen LogP contribution in [0.4, 0.5) is 10.2 Å². The molecule has 0 bridgehead atoms. The summed E-state index contributed by atoms with van der Waals surface area (Å²) in [6.45, 7) is 2.12. The number of anilines is 1. The highest BCUT2D eigenvalue weighted by Crippen LogP contribution is 2.32. The first-order valence-corrected chi connectivity index (χ1v) is 4.62. The van der Waals surface area contributed by atoms with Crippen molar-refractivity contribution < 1.29 is 4.39 Å². The third kappa shape index (κ3) is 1.91. The van der Waals surface area contributed by atoms with Crippen molar-refractivity contribution in [1.82, 2.24) is 4.98 Å². The van der Waals surface area contributed by atoms with Crippen LogP contribution in [0.5, 0.6) is 0 Å². The molecule has 1 fully saturated rings. The Bertz CT molecular complexity index is 329. The summed E-state index contributed by atoms with van der Waals surface area (Å²) in [5.41, 5.74) is 0. The quantitative estimate of drug-likeness (QED) is 0.794. The second-order valence-corrected chi connectivity index (χ2v) is 3.88. The lowest BCUT2D eigenvalue weighted by atomic mass is 10.4. The summed E-state index contributed by atoms with van der Waals surface area (Å²) in [4.78, 5) is 3.87. The Hall–Kier alpha value is -0.830. The van der Waals surface area contributed by atoms with Crippen LogP contribution in [0.2, 0.25) is 5.02 Å². The number of rotatable bonds is 2. The van der Waals surface area contributed by atoms with Crippen molar-refractivity contribution in [2.24, 2.45) is 5.92 Å². The summed E-state index contributed by atoms with van der Waals surface area (Å²) in [7, 11) is 0. The fraction of sp³-hybridized carbons (Fsp3) is 0.444. The number of aromatic nitrogens is 1. The molecule has 0 unspecified atom stereocenters. The minimum absolute atomic E-state index is 0.304. The van der Waals surface area contributed by atoms with E-state index in [2.05, 4.69) is 17.2 Å². The first-order chi connectivity index (χ1) is 6.16. The SMILES string of the molecule is C[C@@H]1C[C@H]1Nc1ncc(Cl)cc1F. The molecule has 0 aliphatic heterocycles. The summed E-state index contributed by atoms with van der Waals surface area (Å²) in [5.74, 6) is 0.544. The highest BCUT2D eigenvalue weighted by Gasteiger charge is 2.33. The number of pyridine rings is 1. The van der Waals surface area contributed by atoms with Gasteiger partial charge < -0.3 is 5.32 Å². The fourth-order valence-corrected chi connectivity index (χ4v) is 1.36. The number of halogens is 2. The van der Waals surface area contributed by atoms with E-state index < -0.39 is 0 Å². The van der Waals surface area contributed by atoms with E-state index in [0.717, 1.165) is 6.42 Å². The summed E-state index contributed by atoms with van der Waals surface area (Å²) >= 11 is 5.57. The molecule has 1 saturated carbocycles. The van der Waals surface area contributed by atoms with E-state index in [9.17, 15) is 4.39 Å². The molecule has 2 nitrogen and oxygen atoms in total. The molecule has 1 heterocycles. The van der Waals surface area contributed by atoms with Crippen LogP contribution in [0.1, 0.15) is 13.3 Å². The largest absolute Gasteiger partial charge is 0.365 e. The Balaban J connectivity index is 2.11. The van der Waals surface area contributed by atoms with Gasteiger partial charge in [0.05, 0.1) is 5.02 Å². The van der Waals surface area contributed by atoms with Gasteiger partial charge in [-0.3, -0.25) is 0 Å². The number of nitrogens with one attached hydrogen (secondary N) is 1. The zero-order valence-electron chi connectivity index (χ0n) is 7.22. The molecule has 4 heteroatoms. The van der Waals surface area contributed by atoms with Crippen molar-refractivity contribution >= 4 is 17.4 Å². The van der Waals surface area contributed by atoms with Gasteiger partial charge in [0.15, 0.2) is 11.6 Å². The molecule has 0 saturated heterocycles. The Morgan fingerprint density at radius 3 is 2.92 bits per heavy atom. The van der Waals surface area contributed by atoms with Gasteiger partial charge in [0.25, 0.3) is 0 Å². The molecule has 13 heavy (non-hydrogen) atoms. The van der Waals surface area contributed by atoms with Gasteiger partial charge in [-0.1, -0.05) is 18.5 Å². The monoisotopic (exact) mass is 200 g/mol. The van der Waals surface area contributed by atoms with Crippen LogP contribution in [0.25, 0.3) is 0 Å². The van der Waals surface area contributed by atoms with Crippen LogP contribution >= 0.6 is 11.6 Å². The summed E-state index contributed by atoms with van der Waals surface area (Å²) in [6.07, 6.45) is 2.53. The lowest BCUT2D eigenvalue weighted by molar-refractivity contribution is 0.623. The molecule has 70 valence electrons. The maximum absolute atomic E-state index is 13.2. The highest BCUT2D eigenvalue weighted by molar-refractivity contribution is 6.30. The molecule has 0 aromatic carbocycles. The molecule has 1 aromatic rings. The van der Waals surface area contributed by atoms with Crippen molar-refractivity contribution in [2.45, 2.75) is 19.4 Å². The summed E-state index contributed by atoms with van der Waals surface area (Å²) < 4.78 is 13.2. The minimum atomic E-state index is -0.383. The van der Waals surface area contributed by atoms with Crippen LogP contribution in [-0.4, -0.2) is 11.0 Å². The van der Waals surface area contributed by atoms with Crippen LogP contribution in [-0.2, 0) is 0 Å². The van der Waals surface area contributed by atoms with Gasteiger partial charge in [-0.25, -0.2) is 9.37 Å². The van der Waals surface area contributed by atoms with E-state index in [0.29, 0.717) is 22.8 Å². The van der Waals surface area contributed by atoms with Crippen molar-refractivity contribution in [2.75, 3.05) is 5.32 Å². The van der Waals surface area contributed by atoms with Gasteiger partial charge in [-0.05, 0) is 18.4 Å². The molecule has 1 aliphatic rings. The van der Waals surface area contributed by atoms with E-state index in [-0.39, 0.29) is 5.82 Å². The Labute approximate surface area is 81.1 Å². The highest BCUT2D eigenvalue weighted by atomic mass is 35.5. The molecule has 0 spiro atoms. The normalized spacial score (nSPS) is 25.8. The summed E-state index contributed by atoms with van der Waals surface area (Å²) in [5, 5.41) is 3.34. The van der Waals surface area contributed by atoms with Crippen molar-refractivity contribution in [3.05, 3.63) is 23.1 Å². The topological polar surface area (TPSA) is 24.9 Å². The molecular formula is C9H10ClFN2. The average Bonchev–Trinajstić information content (AvgIpc) is 2.73. The molecule has 2 rings (SSSR count). The van der Waals surface area contributed by atoms with Gasteiger partial charge >= 0.3 is 0 Å². The van der Waals surface area contributed by atoms with Crippen LogP contribution in [0.3, 0.4) is 0 Å². The molecule has 1 N–H and O–H groups in total. The number of nitrogens with zero attached hydrogens (tertiary/aromatic N) is 1. The molecule has 1 aromatic heterocycles. The van der Waals surface area contributed by atoms with Crippen LogP contribution in [0.15, 0.2) is 12.3 Å². The number of hydrogen-bond donors (Lipinski definition) is 1. The van der Waals surface area contributed by atoms with E-state index >= 15 is 0 Å². The van der Waals surface area contributed by atoms with Gasteiger partial charge in [-0.15, -0.1) is 0 Å². The third-order valence-electron chi connectivity index (χ3n) is 2.24. The first kappa shape index (κ1) is 8.75. The predicted octanol–water partition coefficient (Wildman–Crippen LogP) is 2.69. The Morgan fingerprint density at radius 1 is 1.69 bits per heavy atom. The van der Waals surface area contributed by atoms with E-state index in [1.165, 1.54) is 12.3 Å². The minimum Gasteiger partial charge on any atom is -0.365 e. The number of hydrogen-bond acceptors (Lipinski definition) is 2. The third-order valence-corrected chi connectivity index (χ3v) is 2.45. The summed E-state index contributed by atoms with van der Waals surface area (Å²) in [6, 6.07) is 1.65. The van der Waals surface area contributed by atoms with Crippen LogP contribution in [0, 0.1) is 11.7 Å². The fourth-order valence-electron chi connectivity index (χ4n) is 1.22. The van der Waals surface area contributed by atoms with Gasteiger partial charge in [0.2, 0.25) is 0 Å². The van der Waals surface area contributed by atoms with E-state index in [1.54, 1.807) is 0 Å². The van der Waals surface area contributed by atoms with Crippen molar-refractivity contribution in [3.8, 4) is 0 Å². The Kier molecular flexibility index (Phi) is 2.12. The average molecular weight is 201 g/mol.